The lowest BCUT2D eigenvalue weighted by Gasteiger charge is -2.04. The number of nitrogens with zero attached hydrogens (tertiary/aromatic N) is 1. The second-order valence-corrected chi connectivity index (χ2v) is 4.25. The molecule has 0 spiro atoms. The molecule has 1 aromatic rings. The number of hydrogen-bond donors (Lipinski definition) is 0. The third kappa shape index (κ3) is 1.60. The Labute approximate surface area is 87.1 Å². The van der Waals surface area contributed by atoms with Gasteiger partial charge in [-0.3, -0.25) is 4.79 Å². The Morgan fingerprint density at radius 2 is 2.21 bits per heavy atom. The summed E-state index contributed by atoms with van der Waals surface area (Å²) in [5.74, 6) is 0. The first-order valence-electron chi connectivity index (χ1n) is 4.51. The molecule has 0 bridgehead atoms. The Bertz CT molecular complexity index is 466. The molecule has 72 valence electrons. The molecule has 0 radical (unpaired) electrons. The third-order valence-electron chi connectivity index (χ3n) is 2.38. The summed E-state index contributed by atoms with van der Waals surface area (Å²) in [4.78, 5) is 16.1. The third-order valence-corrected chi connectivity index (χ3v) is 3.28. The SMILES string of the molecule is Cc1nc2c(cc(=O)c1C)CC=CS2. The van der Waals surface area contributed by atoms with Gasteiger partial charge in [-0.1, -0.05) is 17.8 Å². The molecule has 14 heavy (non-hydrogen) atoms. The molecule has 0 atom stereocenters. The fourth-order valence-corrected chi connectivity index (χ4v) is 2.16. The van der Waals surface area contributed by atoms with E-state index in [1.165, 1.54) is 0 Å². The molecule has 2 rings (SSSR count). The second-order valence-electron chi connectivity index (χ2n) is 3.35. The lowest BCUT2D eigenvalue weighted by Crippen LogP contribution is -2.02. The summed E-state index contributed by atoms with van der Waals surface area (Å²) >= 11 is 1.58. The van der Waals surface area contributed by atoms with Gasteiger partial charge >= 0.3 is 0 Å². The lowest BCUT2D eigenvalue weighted by molar-refractivity contribution is 1.02. The molecule has 0 saturated heterocycles. The van der Waals surface area contributed by atoms with Crippen molar-refractivity contribution in [1.29, 1.82) is 0 Å². The van der Waals surface area contributed by atoms with Crippen LogP contribution in [-0.4, -0.2) is 4.98 Å². The van der Waals surface area contributed by atoms with E-state index in [9.17, 15) is 4.79 Å². The van der Waals surface area contributed by atoms with Crippen LogP contribution >= 0.6 is 11.8 Å². The highest BCUT2D eigenvalue weighted by molar-refractivity contribution is 8.02. The Balaban J connectivity index is 2.74. The van der Waals surface area contributed by atoms with Crippen LogP contribution in [0.25, 0.3) is 0 Å². The topological polar surface area (TPSA) is 30.0 Å². The zero-order valence-corrected chi connectivity index (χ0v) is 9.02. The minimum atomic E-state index is 0.0900. The largest absolute Gasteiger partial charge is 0.290 e. The summed E-state index contributed by atoms with van der Waals surface area (Å²) in [6, 6.07) is 1.71. The van der Waals surface area contributed by atoms with Crippen molar-refractivity contribution in [3.05, 3.63) is 44.6 Å². The van der Waals surface area contributed by atoms with E-state index in [0.29, 0.717) is 0 Å². The summed E-state index contributed by atoms with van der Waals surface area (Å²) in [7, 11) is 0. The van der Waals surface area contributed by atoms with Crippen LogP contribution in [-0.2, 0) is 6.42 Å². The molecule has 1 aliphatic rings. The molecule has 1 aliphatic heterocycles. The van der Waals surface area contributed by atoms with Gasteiger partial charge in [-0.05, 0) is 37.3 Å². The van der Waals surface area contributed by atoms with Gasteiger partial charge in [0.2, 0.25) is 0 Å². The first-order chi connectivity index (χ1) is 6.68. The Morgan fingerprint density at radius 3 is 3.00 bits per heavy atom. The monoisotopic (exact) mass is 205 g/mol. The average molecular weight is 205 g/mol. The number of rotatable bonds is 0. The molecule has 2 heterocycles. The number of allylic oxidation sites excluding steroid dienone is 1. The van der Waals surface area contributed by atoms with Gasteiger partial charge in [0.05, 0.1) is 0 Å². The molecule has 0 unspecified atom stereocenters. The number of aryl methyl sites for hydroxylation is 1. The van der Waals surface area contributed by atoms with E-state index in [-0.39, 0.29) is 5.43 Å². The van der Waals surface area contributed by atoms with Crippen LogP contribution in [0.3, 0.4) is 0 Å². The van der Waals surface area contributed by atoms with Gasteiger partial charge in [-0.25, -0.2) is 4.98 Å². The van der Waals surface area contributed by atoms with Crippen molar-refractivity contribution >= 4 is 11.8 Å². The second kappa shape index (κ2) is 3.58. The highest BCUT2D eigenvalue weighted by Crippen LogP contribution is 2.25. The molecular weight excluding hydrogens is 194 g/mol. The first-order valence-corrected chi connectivity index (χ1v) is 5.39. The van der Waals surface area contributed by atoms with Gasteiger partial charge in [-0.15, -0.1) is 0 Å². The van der Waals surface area contributed by atoms with Gasteiger partial charge in [0.1, 0.15) is 5.03 Å². The van der Waals surface area contributed by atoms with E-state index in [4.69, 9.17) is 0 Å². The van der Waals surface area contributed by atoms with Gasteiger partial charge in [0.25, 0.3) is 0 Å². The van der Waals surface area contributed by atoms with E-state index >= 15 is 0 Å². The van der Waals surface area contributed by atoms with Crippen molar-refractivity contribution in [2.45, 2.75) is 25.3 Å². The first kappa shape index (κ1) is 9.46. The molecule has 0 aliphatic carbocycles. The van der Waals surface area contributed by atoms with E-state index in [1.54, 1.807) is 17.8 Å². The molecule has 1 aromatic heterocycles. The van der Waals surface area contributed by atoms with E-state index in [0.717, 1.165) is 28.3 Å². The van der Waals surface area contributed by atoms with Crippen molar-refractivity contribution in [3.63, 3.8) is 0 Å². The lowest BCUT2D eigenvalue weighted by atomic mass is 10.2. The van der Waals surface area contributed by atoms with Crippen LogP contribution in [0, 0.1) is 13.8 Å². The maximum absolute atomic E-state index is 11.6. The minimum Gasteiger partial charge on any atom is -0.290 e. The van der Waals surface area contributed by atoms with Gasteiger partial charge in [0.15, 0.2) is 5.43 Å². The minimum absolute atomic E-state index is 0.0900. The van der Waals surface area contributed by atoms with Crippen LogP contribution < -0.4 is 5.43 Å². The molecule has 0 amide bonds. The van der Waals surface area contributed by atoms with Crippen LogP contribution in [0.15, 0.2) is 27.4 Å². The quantitative estimate of drug-likeness (QED) is 0.650. The van der Waals surface area contributed by atoms with Crippen LogP contribution in [0.5, 0.6) is 0 Å². The molecule has 2 nitrogen and oxygen atoms in total. The summed E-state index contributed by atoms with van der Waals surface area (Å²) in [6.45, 7) is 3.71. The predicted molar refractivity (Wildman–Crippen MR) is 58.7 cm³/mol. The number of fused-ring (bicyclic) bond motifs is 1. The fourth-order valence-electron chi connectivity index (χ4n) is 1.35. The Kier molecular flexibility index (Phi) is 2.42. The fraction of sp³-hybridized carbons (Fsp3) is 0.273. The van der Waals surface area contributed by atoms with Gasteiger partial charge < -0.3 is 0 Å². The van der Waals surface area contributed by atoms with E-state index < -0.39 is 0 Å². The predicted octanol–water partition coefficient (Wildman–Crippen LogP) is 2.22. The van der Waals surface area contributed by atoms with Crippen molar-refractivity contribution in [3.8, 4) is 0 Å². The van der Waals surface area contributed by atoms with Crippen molar-refractivity contribution in [2.24, 2.45) is 0 Å². The summed E-state index contributed by atoms with van der Waals surface area (Å²) in [6.07, 6.45) is 2.87. The highest BCUT2D eigenvalue weighted by Gasteiger charge is 2.08. The van der Waals surface area contributed by atoms with Crippen LogP contribution in [0.1, 0.15) is 16.8 Å². The number of aromatic nitrogens is 1. The van der Waals surface area contributed by atoms with Crippen molar-refractivity contribution < 1.29 is 0 Å². The van der Waals surface area contributed by atoms with E-state index in [1.807, 2.05) is 19.3 Å². The van der Waals surface area contributed by atoms with Crippen molar-refractivity contribution in [2.75, 3.05) is 0 Å². The molecule has 0 aromatic carbocycles. The van der Waals surface area contributed by atoms with Gasteiger partial charge in [0, 0.05) is 11.3 Å². The summed E-state index contributed by atoms with van der Waals surface area (Å²) in [5, 5.41) is 2.99. The maximum Gasteiger partial charge on any atom is 0.183 e. The normalized spacial score (nSPS) is 13.9. The zero-order chi connectivity index (χ0) is 10.1. The Morgan fingerprint density at radius 1 is 1.43 bits per heavy atom. The molecule has 0 N–H and O–H groups in total. The van der Waals surface area contributed by atoms with Gasteiger partial charge in [-0.2, -0.15) is 0 Å². The molecular formula is C11H11NOS. The highest BCUT2D eigenvalue weighted by atomic mass is 32.2. The summed E-state index contributed by atoms with van der Waals surface area (Å²) < 4.78 is 0. The average Bonchev–Trinajstić information content (AvgIpc) is 2.28. The smallest absolute Gasteiger partial charge is 0.183 e. The molecule has 0 fully saturated rings. The molecule has 3 heteroatoms. The zero-order valence-electron chi connectivity index (χ0n) is 8.20. The molecule has 0 saturated carbocycles. The standard InChI is InChI=1S/C11H11NOS/c1-7-8(2)12-11-9(6-10(7)13)4-3-5-14-11/h3,5-6H,4H2,1-2H3. The van der Waals surface area contributed by atoms with Crippen LogP contribution in [0.2, 0.25) is 0 Å². The van der Waals surface area contributed by atoms with Crippen LogP contribution in [0.4, 0.5) is 0 Å². The van der Waals surface area contributed by atoms with E-state index in [2.05, 4.69) is 11.1 Å². The van der Waals surface area contributed by atoms with Crippen molar-refractivity contribution in [1.82, 2.24) is 4.98 Å². The summed E-state index contributed by atoms with van der Waals surface area (Å²) in [5.41, 5.74) is 2.71. The number of thioether (sulfide) groups is 1. The number of hydrogen-bond acceptors (Lipinski definition) is 3. The Hall–Kier alpha value is -1.09. The maximum atomic E-state index is 11.6.